The Morgan fingerprint density at radius 2 is 1.95 bits per heavy atom. The molecule has 106 valence electrons. The third-order valence-corrected chi connectivity index (χ3v) is 4.03. The van der Waals surface area contributed by atoms with Gasteiger partial charge in [-0.25, -0.2) is 0 Å². The molecule has 1 atom stereocenters. The maximum Gasteiger partial charge on any atom is 0.238 e. The molecule has 0 aliphatic carbocycles. The number of amides is 1. The number of methoxy groups -OCH3 is 1. The molecule has 1 aliphatic rings. The first-order chi connectivity index (χ1) is 10.1. The van der Waals surface area contributed by atoms with Gasteiger partial charge < -0.3 is 15.5 Å². The number of hydrogen-bond donors (Lipinski definition) is 2. The number of ether oxygens (including phenoxy) is 1. The summed E-state index contributed by atoms with van der Waals surface area (Å²) in [5.74, 6) is -0.0135. The molecular weight excluding hydrogens is 332 g/mol. The number of hydrogen-bond acceptors (Lipinski definition) is 3. The first kappa shape index (κ1) is 13.8. The largest absolute Gasteiger partial charge is 0.497 e. The van der Waals surface area contributed by atoms with E-state index in [-0.39, 0.29) is 11.6 Å². The Hall–Kier alpha value is -2.14. The van der Waals surface area contributed by atoms with Gasteiger partial charge in [-0.3, -0.25) is 4.79 Å². The van der Waals surface area contributed by atoms with Crippen LogP contribution in [0.15, 0.2) is 46.9 Å². The van der Waals surface area contributed by atoms with E-state index in [1.807, 2.05) is 18.2 Å². The van der Waals surface area contributed by atoms with E-state index in [0.29, 0.717) is 5.56 Å². The van der Waals surface area contributed by atoms with Gasteiger partial charge in [-0.1, -0.05) is 15.9 Å². The lowest BCUT2D eigenvalue weighted by atomic mass is 9.91. The molecule has 1 amide bonds. The minimum absolute atomic E-state index is 0.163. The highest BCUT2D eigenvalue weighted by Gasteiger charge is 2.34. The highest BCUT2D eigenvalue weighted by molar-refractivity contribution is 9.10. The number of nitrogens with one attached hydrogen (secondary N) is 2. The van der Waals surface area contributed by atoms with Crippen LogP contribution in [0.3, 0.4) is 0 Å². The van der Waals surface area contributed by atoms with E-state index in [2.05, 4.69) is 21.2 Å². The summed E-state index contributed by atoms with van der Waals surface area (Å²) >= 11 is 3.41. The molecule has 0 saturated carbocycles. The molecule has 2 aromatic rings. The molecule has 3 rings (SSSR count). The zero-order valence-corrected chi connectivity index (χ0v) is 12.9. The third-order valence-electron chi connectivity index (χ3n) is 3.53. The Bertz CT molecular complexity index is 726. The van der Waals surface area contributed by atoms with Crippen LogP contribution in [0.2, 0.25) is 0 Å². The van der Waals surface area contributed by atoms with Gasteiger partial charge in [0.15, 0.2) is 0 Å². The molecule has 0 spiro atoms. The average molecular weight is 345 g/mol. The Kier molecular flexibility index (Phi) is 3.51. The molecule has 1 unspecified atom stereocenters. The molecule has 21 heavy (non-hydrogen) atoms. The number of rotatable bonds is 3. The first-order valence-electron chi connectivity index (χ1n) is 6.43. The Morgan fingerprint density at radius 1 is 1.24 bits per heavy atom. The fourth-order valence-corrected chi connectivity index (χ4v) is 2.84. The second-order valence-corrected chi connectivity index (χ2v) is 5.71. The fraction of sp³-hybridized carbons (Fsp3) is 0.125. The maximum atomic E-state index is 12.2. The van der Waals surface area contributed by atoms with Gasteiger partial charge in [0, 0.05) is 10.2 Å². The van der Waals surface area contributed by atoms with Gasteiger partial charge in [-0.2, -0.15) is 0 Å². The minimum Gasteiger partial charge on any atom is -0.497 e. The van der Waals surface area contributed by atoms with E-state index < -0.39 is 5.92 Å². The number of fused-ring (bicyclic) bond motifs is 1. The number of carbonyl (C=O) groups excluding carboxylic acids is 1. The molecule has 4 nitrogen and oxygen atoms in total. The number of anilines is 1. The topological polar surface area (TPSA) is 62.2 Å². The van der Waals surface area contributed by atoms with Crippen molar-refractivity contribution in [3.8, 4) is 5.75 Å². The van der Waals surface area contributed by atoms with Crippen molar-refractivity contribution in [2.75, 3.05) is 12.4 Å². The zero-order valence-electron chi connectivity index (χ0n) is 11.3. The summed E-state index contributed by atoms with van der Waals surface area (Å²) in [6.45, 7) is 0. The van der Waals surface area contributed by atoms with Gasteiger partial charge in [0.1, 0.15) is 11.7 Å². The van der Waals surface area contributed by atoms with Crippen molar-refractivity contribution >= 4 is 33.2 Å². The van der Waals surface area contributed by atoms with E-state index in [0.717, 1.165) is 21.5 Å². The van der Waals surface area contributed by atoms with Crippen LogP contribution in [-0.2, 0) is 4.79 Å². The lowest BCUT2D eigenvalue weighted by Gasteiger charge is -2.12. The SMILES string of the molecule is COc1ccc(C(=N)C2C(=O)Nc3ccc(Br)cc32)cc1. The second-order valence-electron chi connectivity index (χ2n) is 4.80. The summed E-state index contributed by atoms with van der Waals surface area (Å²) < 4.78 is 6.01. The van der Waals surface area contributed by atoms with Crippen LogP contribution in [0.5, 0.6) is 5.75 Å². The van der Waals surface area contributed by atoms with Gasteiger partial charge in [0.05, 0.1) is 12.8 Å². The van der Waals surface area contributed by atoms with E-state index in [1.165, 1.54) is 0 Å². The Labute approximate surface area is 130 Å². The average Bonchev–Trinajstić information content (AvgIpc) is 2.82. The van der Waals surface area contributed by atoms with E-state index in [1.54, 1.807) is 31.4 Å². The molecular formula is C16H13BrN2O2. The quantitative estimate of drug-likeness (QED) is 0.836. The lowest BCUT2D eigenvalue weighted by molar-refractivity contribution is -0.115. The zero-order chi connectivity index (χ0) is 15.0. The number of carbonyl (C=O) groups is 1. The minimum atomic E-state index is -0.578. The molecule has 0 saturated heterocycles. The molecule has 5 heteroatoms. The van der Waals surface area contributed by atoms with Crippen molar-refractivity contribution in [2.45, 2.75) is 5.92 Å². The molecule has 0 bridgehead atoms. The van der Waals surface area contributed by atoms with Crippen LogP contribution < -0.4 is 10.1 Å². The predicted molar refractivity (Wildman–Crippen MR) is 85.3 cm³/mol. The Morgan fingerprint density at radius 3 is 2.62 bits per heavy atom. The van der Waals surface area contributed by atoms with Crippen LogP contribution in [-0.4, -0.2) is 18.7 Å². The van der Waals surface area contributed by atoms with Crippen molar-refractivity contribution in [1.82, 2.24) is 0 Å². The van der Waals surface area contributed by atoms with Gasteiger partial charge in [-0.05, 0) is 53.6 Å². The smallest absolute Gasteiger partial charge is 0.238 e. The van der Waals surface area contributed by atoms with E-state index in [4.69, 9.17) is 10.1 Å². The third kappa shape index (κ3) is 2.45. The van der Waals surface area contributed by atoms with Gasteiger partial charge >= 0.3 is 0 Å². The molecule has 0 aromatic heterocycles. The molecule has 0 fully saturated rings. The summed E-state index contributed by atoms with van der Waals surface area (Å²) in [6.07, 6.45) is 0. The summed E-state index contributed by atoms with van der Waals surface area (Å²) in [4.78, 5) is 12.2. The van der Waals surface area contributed by atoms with Gasteiger partial charge in [0.25, 0.3) is 0 Å². The van der Waals surface area contributed by atoms with Gasteiger partial charge in [-0.15, -0.1) is 0 Å². The van der Waals surface area contributed by atoms with E-state index >= 15 is 0 Å². The van der Waals surface area contributed by atoms with Crippen LogP contribution in [0, 0.1) is 5.41 Å². The summed E-state index contributed by atoms with van der Waals surface area (Å²) in [7, 11) is 1.60. The highest BCUT2D eigenvalue weighted by atomic mass is 79.9. The van der Waals surface area contributed by atoms with E-state index in [9.17, 15) is 4.79 Å². The molecule has 0 radical (unpaired) electrons. The molecule has 1 aliphatic heterocycles. The molecule has 2 aromatic carbocycles. The van der Waals surface area contributed by atoms with Crippen LogP contribution in [0.1, 0.15) is 17.0 Å². The monoisotopic (exact) mass is 344 g/mol. The van der Waals surface area contributed by atoms with Crippen molar-refractivity contribution in [3.63, 3.8) is 0 Å². The summed E-state index contributed by atoms with van der Waals surface area (Å²) in [5, 5.41) is 11.2. The second kappa shape index (κ2) is 5.33. The van der Waals surface area contributed by atoms with Crippen LogP contribution in [0.4, 0.5) is 5.69 Å². The van der Waals surface area contributed by atoms with Crippen LogP contribution >= 0.6 is 15.9 Å². The van der Waals surface area contributed by atoms with Crippen molar-refractivity contribution in [3.05, 3.63) is 58.1 Å². The first-order valence-corrected chi connectivity index (χ1v) is 7.22. The normalized spacial score (nSPS) is 16.3. The van der Waals surface area contributed by atoms with Crippen molar-refractivity contribution < 1.29 is 9.53 Å². The Balaban J connectivity index is 1.98. The number of halogens is 1. The van der Waals surface area contributed by atoms with Crippen molar-refractivity contribution in [1.29, 1.82) is 5.41 Å². The van der Waals surface area contributed by atoms with Crippen molar-refractivity contribution in [2.24, 2.45) is 0 Å². The highest BCUT2D eigenvalue weighted by Crippen LogP contribution is 2.36. The predicted octanol–water partition coefficient (Wildman–Crippen LogP) is 3.56. The van der Waals surface area contributed by atoms with Gasteiger partial charge in [0.2, 0.25) is 5.91 Å². The van der Waals surface area contributed by atoms with Crippen LogP contribution in [0.25, 0.3) is 0 Å². The lowest BCUT2D eigenvalue weighted by Crippen LogP contribution is -2.21. The summed E-state index contributed by atoms with van der Waals surface area (Å²) in [6, 6.07) is 12.8. The molecule has 2 N–H and O–H groups in total. The number of benzene rings is 2. The standard InChI is InChI=1S/C16H13BrN2O2/c1-21-11-5-2-9(3-6-11)15(18)14-12-8-10(17)4-7-13(12)19-16(14)20/h2-8,14,18H,1H3,(H,19,20). The summed E-state index contributed by atoms with van der Waals surface area (Å²) in [5.41, 5.74) is 2.59. The molecule has 1 heterocycles. The fourth-order valence-electron chi connectivity index (χ4n) is 2.46. The maximum absolute atomic E-state index is 12.2.